The Balaban J connectivity index is 2.43. The first-order valence-electron chi connectivity index (χ1n) is 6.54. The maximum atomic E-state index is 11.8. The Kier molecular flexibility index (Phi) is 5.12. The molecule has 0 aliphatic heterocycles. The van der Waals surface area contributed by atoms with E-state index < -0.39 is 27.2 Å². The summed E-state index contributed by atoms with van der Waals surface area (Å²) >= 11 is 0. The van der Waals surface area contributed by atoms with Crippen molar-refractivity contribution < 1.29 is 22.7 Å². The molecule has 1 fully saturated rings. The molecule has 1 aliphatic rings. The molecular weight excluding hydrogens is 268 g/mol. The fourth-order valence-corrected chi connectivity index (χ4v) is 3.34. The van der Waals surface area contributed by atoms with Crippen molar-refractivity contribution in [2.45, 2.75) is 52.1 Å². The summed E-state index contributed by atoms with van der Waals surface area (Å²) in [6.45, 7) is 5.07. The lowest BCUT2D eigenvalue weighted by atomic mass is 10.1. The molecule has 110 valence electrons. The van der Waals surface area contributed by atoms with Crippen molar-refractivity contribution in [3.63, 3.8) is 0 Å². The van der Waals surface area contributed by atoms with Crippen LogP contribution in [-0.2, 0) is 24.2 Å². The third-order valence-corrected chi connectivity index (χ3v) is 4.50. The molecule has 6 heteroatoms. The van der Waals surface area contributed by atoms with Crippen molar-refractivity contribution in [1.29, 1.82) is 0 Å². The summed E-state index contributed by atoms with van der Waals surface area (Å²) in [5.74, 6) is -1.46. The summed E-state index contributed by atoms with van der Waals surface area (Å²) < 4.78 is 28.5. The largest absolute Gasteiger partial charge is 0.459 e. The minimum absolute atomic E-state index is 0.122. The SMILES string of the molecule is CC(C)(C)OC(=O)CS(=O)(=O)CCC1CCCC1=O. The molecule has 0 heterocycles. The van der Waals surface area contributed by atoms with Gasteiger partial charge in [-0.2, -0.15) is 0 Å². The second kappa shape index (κ2) is 6.03. The van der Waals surface area contributed by atoms with E-state index in [1.807, 2.05) is 0 Å². The van der Waals surface area contributed by atoms with Gasteiger partial charge < -0.3 is 4.74 Å². The van der Waals surface area contributed by atoms with Crippen molar-refractivity contribution in [2.24, 2.45) is 5.92 Å². The van der Waals surface area contributed by atoms with E-state index in [0.29, 0.717) is 12.8 Å². The zero-order valence-corrected chi connectivity index (χ0v) is 12.6. The molecule has 0 N–H and O–H groups in total. The van der Waals surface area contributed by atoms with Crippen LogP contribution in [0.3, 0.4) is 0 Å². The molecular formula is C13H22O5S. The number of hydrogen-bond donors (Lipinski definition) is 0. The second-order valence-corrected chi connectivity index (χ2v) is 8.21. The van der Waals surface area contributed by atoms with Crippen molar-refractivity contribution in [1.82, 2.24) is 0 Å². The Morgan fingerprint density at radius 1 is 1.37 bits per heavy atom. The molecule has 0 bridgehead atoms. The Bertz CT molecular complexity index is 444. The highest BCUT2D eigenvalue weighted by Gasteiger charge is 2.28. The average molecular weight is 290 g/mol. The lowest BCUT2D eigenvalue weighted by molar-refractivity contribution is -0.151. The molecule has 0 amide bonds. The minimum Gasteiger partial charge on any atom is -0.459 e. The van der Waals surface area contributed by atoms with Gasteiger partial charge in [-0.15, -0.1) is 0 Å². The first kappa shape index (κ1) is 16.1. The van der Waals surface area contributed by atoms with Crippen molar-refractivity contribution in [3.05, 3.63) is 0 Å². The van der Waals surface area contributed by atoms with Crippen LogP contribution in [0.5, 0.6) is 0 Å². The standard InChI is InChI=1S/C13H22O5S/c1-13(2,3)18-12(15)9-19(16,17)8-7-10-5-4-6-11(10)14/h10H,4-9H2,1-3H3. The van der Waals surface area contributed by atoms with Gasteiger partial charge in [-0.25, -0.2) is 8.42 Å². The third kappa shape index (κ3) is 6.18. The Morgan fingerprint density at radius 2 is 2.00 bits per heavy atom. The van der Waals surface area contributed by atoms with Crippen LogP contribution in [0.15, 0.2) is 0 Å². The summed E-state index contributed by atoms with van der Waals surface area (Å²) in [6, 6.07) is 0. The van der Waals surface area contributed by atoms with Crippen molar-refractivity contribution in [3.8, 4) is 0 Å². The van der Waals surface area contributed by atoms with Crippen LogP contribution in [0, 0.1) is 5.92 Å². The topological polar surface area (TPSA) is 77.5 Å². The Labute approximate surface area is 114 Å². The molecule has 1 aliphatic carbocycles. The van der Waals surface area contributed by atoms with E-state index in [1.165, 1.54) is 0 Å². The fourth-order valence-electron chi connectivity index (χ4n) is 2.14. The van der Waals surface area contributed by atoms with Crippen LogP contribution < -0.4 is 0 Å². The molecule has 1 rings (SSSR count). The highest BCUT2D eigenvalue weighted by Crippen LogP contribution is 2.24. The number of Topliss-reactive ketones (excluding diaryl/α,β-unsaturated/α-hetero) is 1. The molecule has 0 radical (unpaired) electrons. The maximum Gasteiger partial charge on any atom is 0.321 e. The molecule has 0 aromatic carbocycles. The van der Waals surface area contributed by atoms with Gasteiger partial charge in [0.05, 0.1) is 5.75 Å². The van der Waals surface area contributed by atoms with Crippen molar-refractivity contribution in [2.75, 3.05) is 11.5 Å². The first-order valence-corrected chi connectivity index (χ1v) is 8.36. The molecule has 1 unspecified atom stereocenters. The highest BCUT2D eigenvalue weighted by molar-refractivity contribution is 7.92. The molecule has 0 aromatic rings. The molecule has 1 atom stereocenters. The lowest BCUT2D eigenvalue weighted by Gasteiger charge is -2.19. The second-order valence-electron chi connectivity index (χ2n) is 6.02. The van der Waals surface area contributed by atoms with Gasteiger partial charge >= 0.3 is 5.97 Å². The number of sulfone groups is 1. The minimum atomic E-state index is -3.49. The van der Waals surface area contributed by atoms with Gasteiger partial charge in [0.1, 0.15) is 17.1 Å². The number of ether oxygens (including phenoxy) is 1. The van der Waals surface area contributed by atoms with Gasteiger partial charge in [-0.1, -0.05) is 0 Å². The van der Waals surface area contributed by atoms with Crippen LogP contribution in [0.2, 0.25) is 0 Å². The van der Waals surface area contributed by atoms with E-state index >= 15 is 0 Å². The van der Waals surface area contributed by atoms with E-state index in [4.69, 9.17) is 4.74 Å². The first-order chi connectivity index (χ1) is 8.59. The Hall–Kier alpha value is -0.910. The summed E-state index contributed by atoms with van der Waals surface area (Å²) in [4.78, 5) is 22.9. The van der Waals surface area contributed by atoms with Gasteiger partial charge in [0, 0.05) is 12.3 Å². The van der Waals surface area contributed by atoms with E-state index in [0.717, 1.165) is 12.8 Å². The van der Waals surface area contributed by atoms with E-state index in [2.05, 4.69) is 0 Å². The molecule has 0 aromatic heterocycles. The monoisotopic (exact) mass is 290 g/mol. The molecule has 19 heavy (non-hydrogen) atoms. The van der Waals surface area contributed by atoms with Crippen LogP contribution in [-0.4, -0.2) is 37.3 Å². The van der Waals surface area contributed by atoms with E-state index in [9.17, 15) is 18.0 Å². The van der Waals surface area contributed by atoms with E-state index in [1.54, 1.807) is 20.8 Å². The lowest BCUT2D eigenvalue weighted by Crippen LogP contribution is -2.29. The molecule has 1 saturated carbocycles. The van der Waals surface area contributed by atoms with Crippen LogP contribution in [0.25, 0.3) is 0 Å². The van der Waals surface area contributed by atoms with Crippen LogP contribution >= 0.6 is 0 Å². The molecule has 0 spiro atoms. The summed E-state index contributed by atoms with van der Waals surface area (Å²) in [6.07, 6.45) is 2.48. The Morgan fingerprint density at radius 3 is 2.47 bits per heavy atom. The number of carbonyl (C=O) groups is 2. The van der Waals surface area contributed by atoms with Gasteiger partial charge in [0.15, 0.2) is 9.84 Å². The van der Waals surface area contributed by atoms with Crippen LogP contribution in [0.1, 0.15) is 46.5 Å². The number of rotatable bonds is 5. The number of carbonyl (C=O) groups excluding carboxylic acids is 2. The predicted octanol–water partition coefficient (Wildman–Crippen LogP) is 1.50. The summed E-state index contributed by atoms with van der Waals surface area (Å²) in [7, 11) is -3.49. The number of hydrogen-bond acceptors (Lipinski definition) is 5. The average Bonchev–Trinajstić information content (AvgIpc) is 2.57. The normalized spacial score (nSPS) is 20.6. The zero-order valence-electron chi connectivity index (χ0n) is 11.8. The molecule has 5 nitrogen and oxygen atoms in total. The smallest absolute Gasteiger partial charge is 0.321 e. The zero-order chi connectivity index (χ0) is 14.7. The summed E-state index contributed by atoms with van der Waals surface area (Å²) in [5.41, 5.74) is -0.686. The van der Waals surface area contributed by atoms with Crippen molar-refractivity contribution >= 4 is 21.6 Å². The molecule has 0 saturated heterocycles. The van der Waals surface area contributed by atoms with Gasteiger partial charge in [0.2, 0.25) is 0 Å². The number of esters is 1. The highest BCUT2D eigenvalue weighted by atomic mass is 32.2. The maximum absolute atomic E-state index is 11.8. The third-order valence-electron chi connectivity index (χ3n) is 2.97. The van der Waals surface area contributed by atoms with Gasteiger partial charge in [-0.05, 0) is 40.0 Å². The summed E-state index contributed by atoms with van der Waals surface area (Å²) in [5, 5.41) is 0. The number of ketones is 1. The van der Waals surface area contributed by atoms with Gasteiger partial charge in [-0.3, -0.25) is 9.59 Å². The predicted molar refractivity (Wildman–Crippen MR) is 71.5 cm³/mol. The van der Waals surface area contributed by atoms with Gasteiger partial charge in [0.25, 0.3) is 0 Å². The quantitative estimate of drug-likeness (QED) is 0.717. The van der Waals surface area contributed by atoms with E-state index in [-0.39, 0.29) is 17.5 Å². The fraction of sp³-hybridized carbons (Fsp3) is 0.846. The van der Waals surface area contributed by atoms with Crippen LogP contribution in [0.4, 0.5) is 0 Å².